The average molecular weight is 503 g/mol. The molecule has 1 aliphatic rings. The molecule has 3 rings (SSSR count). The lowest BCUT2D eigenvalue weighted by molar-refractivity contribution is -0.131. The van der Waals surface area contributed by atoms with Crippen molar-refractivity contribution in [3.63, 3.8) is 0 Å². The summed E-state index contributed by atoms with van der Waals surface area (Å²) in [5, 5.41) is 3.47. The van der Waals surface area contributed by atoms with Gasteiger partial charge in [-0.1, -0.05) is 58.4 Å². The third-order valence-corrected chi connectivity index (χ3v) is 5.91. The maximum atomic E-state index is 13.4. The number of hydrogen-bond acceptors (Lipinski definition) is 4. The first kappa shape index (κ1) is 24.7. The van der Waals surface area contributed by atoms with Crippen LogP contribution in [0.2, 0.25) is 0 Å². The van der Waals surface area contributed by atoms with E-state index in [0.29, 0.717) is 26.1 Å². The van der Waals surface area contributed by atoms with Gasteiger partial charge >= 0.3 is 0 Å². The Morgan fingerprint density at radius 2 is 1.81 bits per heavy atom. The van der Waals surface area contributed by atoms with Crippen molar-refractivity contribution in [1.29, 1.82) is 0 Å². The highest BCUT2D eigenvalue weighted by Gasteiger charge is 2.33. The Kier molecular flexibility index (Phi) is 8.01. The van der Waals surface area contributed by atoms with Crippen LogP contribution in [0.15, 0.2) is 54.6 Å². The number of benzene rings is 2. The molecule has 2 atom stereocenters. The zero-order valence-electron chi connectivity index (χ0n) is 19.7. The average Bonchev–Trinajstić information content (AvgIpc) is 3.06. The molecule has 0 spiro atoms. The van der Waals surface area contributed by atoms with Crippen molar-refractivity contribution in [2.45, 2.75) is 69.8 Å². The number of carbonyl (C=O) groups excluding carboxylic acids is 1. The van der Waals surface area contributed by atoms with Crippen molar-refractivity contribution < 1.29 is 14.3 Å². The highest BCUT2D eigenvalue weighted by molar-refractivity contribution is 9.10. The van der Waals surface area contributed by atoms with Gasteiger partial charge in [0.25, 0.3) is 0 Å². The number of alkyl halides is 1. The number of nitrogens with one attached hydrogen (secondary N) is 1. The predicted molar refractivity (Wildman–Crippen MR) is 132 cm³/mol. The molecule has 0 aromatic heterocycles. The summed E-state index contributed by atoms with van der Waals surface area (Å²) in [6.07, 6.45) is 0.611. The Morgan fingerprint density at radius 1 is 1.16 bits per heavy atom. The normalized spacial score (nSPS) is 18.9. The van der Waals surface area contributed by atoms with E-state index in [1.54, 1.807) is 0 Å². The molecule has 6 heteroatoms. The molecule has 1 amide bonds. The van der Waals surface area contributed by atoms with Gasteiger partial charge in [0.05, 0.1) is 17.5 Å². The zero-order valence-corrected chi connectivity index (χ0v) is 21.3. The van der Waals surface area contributed by atoms with E-state index in [2.05, 4.69) is 33.4 Å². The van der Waals surface area contributed by atoms with Crippen LogP contribution >= 0.6 is 15.9 Å². The van der Waals surface area contributed by atoms with Gasteiger partial charge in [0.2, 0.25) is 5.91 Å². The van der Waals surface area contributed by atoms with Crippen LogP contribution in [-0.2, 0) is 22.5 Å². The first-order valence-corrected chi connectivity index (χ1v) is 12.1. The van der Waals surface area contributed by atoms with E-state index in [9.17, 15) is 4.79 Å². The lowest BCUT2D eigenvalue weighted by atomic mass is 10.1. The van der Waals surface area contributed by atoms with Crippen molar-refractivity contribution in [1.82, 2.24) is 10.2 Å². The van der Waals surface area contributed by atoms with Gasteiger partial charge in [0, 0.05) is 13.1 Å². The fourth-order valence-corrected chi connectivity index (χ4v) is 4.49. The third-order valence-electron chi connectivity index (χ3n) is 5.20. The van der Waals surface area contributed by atoms with Crippen LogP contribution in [0.5, 0.6) is 5.75 Å². The summed E-state index contributed by atoms with van der Waals surface area (Å²) in [6, 6.07) is 18.2. The van der Waals surface area contributed by atoms with Gasteiger partial charge in [0.1, 0.15) is 17.1 Å². The first-order chi connectivity index (χ1) is 15.0. The third kappa shape index (κ3) is 7.61. The predicted octanol–water partition coefficient (Wildman–Crippen LogP) is 4.92. The van der Waals surface area contributed by atoms with E-state index >= 15 is 0 Å². The fraction of sp³-hybridized carbons (Fsp3) is 0.500. The minimum atomic E-state index is -0.364. The van der Waals surface area contributed by atoms with Crippen LogP contribution < -0.4 is 10.1 Å². The lowest BCUT2D eigenvalue weighted by Crippen LogP contribution is -2.47. The zero-order chi connectivity index (χ0) is 23.4. The van der Waals surface area contributed by atoms with Crippen molar-refractivity contribution in [3.8, 4) is 5.75 Å². The Bertz CT molecular complexity index is 878. The van der Waals surface area contributed by atoms with Gasteiger partial charge in [-0.05, 0) is 64.3 Å². The molecule has 174 valence electrons. The van der Waals surface area contributed by atoms with E-state index < -0.39 is 0 Å². The molecular weight excluding hydrogens is 468 g/mol. The summed E-state index contributed by atoms with van der Waals surface area (Å²) in [7, 11) is 0. The van der Waals surface area contributed by atoms with Gasteiger partial charge in [-0.2, -0.15) is 0 Å². The number of rotatable bonds is 8. The van der Waals surface area contributed by atoms with Crippen LogP contribution in [0.4, 0.5) is 0 Å². The topological polar surface area (TPSA) is 50.8 Å². The van der Waals surface area contributed by atoms with Gasteiger partial charge in [-0.25, -0.2) is 0 Å². The van der Waals surface area contributed by atoms with E-state index in [0.717, 1.165) is 16.9 Å². The van der Waals surface area contributed by atoms with Gasteiger partial charge in [-0.3, -0.25) is 10.1 Å². The molecule has 2 aromatic rings. The number of nitrogens with zero attached hydrogens (tertiary/aromatic N) is 1. The molecular formula is C26H35BrN2O3. The molecule has 0 saturated carbocycles. The standard InChI is InChI=1S/C26H35BrN2O3/c1-25(2,3)32-22-13-11-19(12-14-22)15-23(27)24(30)29(16-20-9-7-6-8-10-20)17-21-18-31-26(4,5)28-21/h6-14,21,23,28H,15-18H2,1-5H3/t21-,23-/m1/s1. The van der Waals surface area contributed by atoms with Crippen LogP contribution in [0.25, 0.3) is 0 Å². The Labute approximate surface area is 200 Å². The molecule has 0 unspecified atom stereocenters. The number of amides is 1. The lowest BCUT2D eigenvalue weighted by Gasteiger charge is -2.28. The minimum Gasteiger partial charge on any atom is -0.488 e. The molecule has 1 N–H and O–H groups in total. The highest BCUT2D eigenvalue weighted by Crippen LogP contribution is 2.22. The molecule has 0 bridgehead atoms. The van der Waals surface area contributed by atoms with Crippen molar-refractivity contribution in [2.24, 2.45) is 0 Å². The number of hydrogen-bond donors (Lipinski definition) is 1. The Morgan fingerprint density at radius 3 is 2.38 bits per heavy atom. The number of carbonyl (C=O) groups is 1. The van der Waals surface area contributed by atoms with Crippen LogP contribution in [0.3, 0.4) is 0 Å². The molecule has 1 saturated heterocycles. The quantitative estimate of drug-likeness (QED) is 0.520. The Balaban J connectivity index is 1.67. The summed E-state index contributed by atoms with van der Waals surface area (Å²) in [5.74, 6) is 0.912. The Hall–Kier alpha value is -1.89. The molecule has 1 aliphatic heterocycles. The summed E-state index contributed by atoms with van der Waals surface area (Å²) in [6.45, 7) is 11.9. The minimum absolute atomic E-state index is 0.0791. The van der Waals surface area contributed by atoms with Crippen molar-refractivity contribution in [3.05, 3.63) is 65.7 Å². The SMILES string of the molecule is CC(C)(C)Oc1ccc(C[C@@H](Br)C(=O)N(Cc2ccccc2)C[C@@H]2COC(C)(C)N2)cc1. The fourth-order valence-electron chi connectivity index (χ4n) is 3.82. The number of ether oxygens (including phenoxy) is 2. The van der Waals surface area contributed by atoms with E-state index in [-0.39, 0.29) is 28.1 Å². The van der Waals surface area contributed by atoms with Crippen LogP contribution in [0.1, 0.15) is 45.7 Å². The number of halogens is 1. The van der Waals surface area contributed by atoms with Gasteiger partial charge < -0.3 is 14.4 Å². The molecule has 1 heterocycles. The van der Waals surface area contributed by atoms with Gasteiger partial charge in [0.15, 0.2) is 0 Å². The van der Waals surface area contributed by atoms with Crippen molar-refractivity contribution in [2.75, 3.05) is 13.2 Å². The van der Waals surface area contributed by atoms with Crippen molar-refractivity contribution >= 4 is 21.8 Å². The smallest absolute Gasteiger partial charge is 0.237 e. The summed E-state index contributed by atoms with van der Waals surface area (Å²) in [5.41, 5.74) is 1.60. The maximum Gasteiger partial charge on any atom is 0.237 e. The molecule has 0 radical (unpaired) electrons. The molecule has 1 fully saturated rings. The summed E-state index contributed by atoms with van der Waals surface area (Å²) in [4.78, 5) is 15.1. The molecule has 5 nitrogen and oxygen atoms in total. The van der Waals surface area contributed by atoms with Crippen LogP contribution in [-0.4, -0.2) is 46.2 Å². The first-order valence-electron chi connectivity index (χ1n) is 11.2. The van der Waals surface area contributed by atoms with E-state index in [1.165, 1.54) is 0 Å². The molecule has 2 aromatic carbocycles. The maximum absolute atomic E-state index is 13.4. The van der Waals surface area contributed by atoms with Gasteiger partial charge in [-0.15, -0.1) is 0 Å². The van der Waals surface area contributed by atoms with E-state index in [1.807, 2.05) is 82.0 Å². The molecule has 32 heavy (non-hydrogen) atoms. The largest absolute Gasteiger partial charge is 0.488 e. The highest BCUT2D eigenvalue weighted by atomic mass is 79.9. The second-order valence-electron chi connectivity index (χ2n) is 9.90. The van der Waals surface area contributed by atoms with Crippen LogP contribution in [0, 0.1) is 0 Å². The second-order valence-corrected chi connectivity index (χ2v) is 11.0. The van der Waals surface area contributed by atoms with E-state index in [4.69, 9.17) is 9.47 Å². The summed E-state index contributed by atoms with van der Waals surface area (Å²) >= 11 is 3.66. The second kappa shape index (κ2) is 10.4. The summed E-state index contributed by atoms with van der Waals surface area (Å²) < 4.78 is 11.7. The monoisotopic (exact) mass is 502 g/mol. The molecule has 0 aliphatic carbocycles.